The Morgan fingerprint density at radius 2 is 1.92 bits per heavy atom. The van der Waals surface area contributed by atoms with Crippen molar-refractivity contribution < 1.29 is 4.74 Å². The second-order valence-corrected chi connectivity index (χ2v) is 7.54. The van der Waals surface area contributed by atoms with Gasteiger partial charge >= 0.3 is 0 Å². The van der Waals surface area contributed by atoms with E-state index in [2.05, 4.69) is 22.8 Å². The molecule has 2 aliphatic rings. The van der Waals surface area contributed by atoms with E-state index in [1.54, 1.807) is 7.11 Å². The van der Waals surface area contributed by atoms with Crippen LogP contribution in [0.5, 0.6) is 5.75 Å². The quantitative estimate of drug-likeness (QED) is 0.752. The number of methoxy groups -OCH3 is 1. The number of rotatable bonds is 3. The molecule has 1 spiro atoms. The molecule has 2 aromatic rings. The Morgan fingerprint density at radius 3 is 2.69 bits per heavy atom. The van der Waals surface area contributed by atoms with Crippen molar-refractivity contribution >= 4 is 28.8 Å². The first kappa shape index (κ1) is 17.2. The van der Waals surface area contributed by atoms with E-state index in [1.807, 2.05) is 30.3 Å². The van der Waals surface area contributed by atoms with Gasteiger partial charge in [-0.25, -0.2) is 0 Å². The van der Waals surface area contributed by atoms with Crippen molar-refractivity contribution in [2.75, 3.05) is 17.7 Å². The maximum atomic E-state index is 6.12. The summed E-state index contributed by atoms with van der Waals surface area (Å²) in [6.07, 6.45) is 5.89. The van der Waals surface area contributed by atoms with Gasteiger partial charge in [-0.3, -0.25) is 4.99 Å². The van der Waals surface area contributed by atoms with Crippen LogP contribution in [0.2, 0.25) is 5.02 Å². The summed E-state index contributed by atoms with van der Waals surface area (Å²) in [6, 6.07) is 14.0. The number of hydrogen-bond donors (Lipinski definition) is 2. The van der Waals surface area contributed by atoms with Gasteiger partial charge in [-0.1, -0.05) is 43.0 Å². The first-order valence-corrected chi connectivity index (χ1v) is 9.59. The first-order chi connectivity index (χ1) is 12.7. The van der Waals surface area contributed by atoms with Crippen molar-refractivity contribution in [3.05, 3.63) is 53.1 Å². The number of nitrogens with zero attached hydrogens (tertiary/aromatic N) is 1. The zero-order chi connectivity index (χ0) is 18.0. The Balaban J connectivity index is 1.67. The lowest BCUT2D eigenvalue weighted by molar-refractivity contribution is 0.401. The molecular formula is C21H24ClN3O. The second-order valence-electron chi connectivity index (χ2n) is 7.10. The van der Waals surface area contributed by atoms with E-state index in [4.69, 9.17) is 21.3 Å². The fourth-order valence-corrected chi connectivity index (χ4v) is 4.15. The summed E-state index contributed by atoms with van der Waals surface area (Å²) in [7, 11) is 1.70. The van der Waals surface area contributed by atoms with Crippen LogP contribution in [0.1, 0.15) is 37.7 Å². The van der Waals surface area contributed by atoms with Gasteiger partial charge in [0.1, 0.15) is 11.6 Å². The van der Waals surface area contributed by atoms with Crippen molar-refractivity contribution in [3.63, 3.8) is 0 Å². The van der Waals surface area contributed by atoms with Crippen LogP contribution in [-0.2, 0) is 6.54 Å². The topological polar surface area (TPSA) is 45.6 Å². The number of amidine groups is 1. The molecule has 1 saturated carbocycles. The number of halogens is 1. The summed E-state index contributed by atoms with van der Waals surface area (Å²) < 4.78 is 5.39. The van der Waals surface area contributed by atoms with Crippen LogP contribution in [0.4, 0.5) is 11.4 Å². The Labute approximate surface area is 159 Å². The highest BCUT2D eigenvalue weighted by atomic mass is 35.5. The normalized spacial score (nSPS) is 19.5. The SMILES string of the molecule is COc1ccc2c(c1)NC1(CCCCC1)C(=NCc1cccc(Cl)c1)N2. The minimum Gasteiger partial charge on any atom is -0.497 e. The van der Waals surface area contributed by atoms with Gasteiger partial charge in [0.15, 0.2) is 0 Å². The highest BCUT2D eigenvalue weighted by molar-refractivity contribution is 6.30. The number of anilines is 2. The summed E-state index contributed by atoms with van der Waals surface area (Å²) >= 11 is 6.12. The Kier molecular flexibility index (Phi) is 4.77. The van der Waals surface area contributed by atoms with Gasteiger partial charge in [0, 0.05) is 11.1 Å². The Bertz CT molecular complexity index is 828. The molecule has 2 N–H and O–H groups in total. The zero-order valence-corrected chi connectivity index (χ0v) is 15.8. The molecule has 0 atom stereocenters. The van der Waals surface area contributed by atoms with E-state index in [0.29, 0.717) is 6.54 Å². The van der Waals surface area contributed by atoms with E-state index < -0.39 is 0 Å². The molecular weight excluding hydrogens is 346 g/mol. The minimum atomic E-state index is -0.115. The van der Waals surface area contributed by atoms with Crippen LogP contribution in [0.3, 0.4) is 0 Å². The molecule has 136 valence electrons. The Hall–Kier alpha value is -2.20. The van der Waals surface area contributed by atoms with E-state index in [0.717, 1.165) is 46.4 Å². The van der Waals surface area contributed by atoms with E-state index in [9.17, 15) is 0 Å². The fourth-order valence-electron chi connectivity index (χ4n) is 3.94. The van der Waals surface area contributed by atoms with Crippen molar-refractivity contribution in [3.8, 4) is 5.75 Å². The number of ether oxygens (including phenoxy) is 1. The van der Waals surface area contributed by atoms with Crippen molar-refractivity contribution in [2.45, 2.75) is 44.2 Å². The molecule has 1 aliphatic carbocycles. The smallest absolute Gasteiger partial charge is 0.127 e. The molecule has 4 nitrogen and oxygen atoms in total. The summed E-state index contributed by atoms with van der Waals surface area (Å²) in [6.45, 7) is 0.623. The molecule has 1 heterocycles. The fraction of sp³-hybridized carbons (Fsp3) is 0.381. The molecule has 4 rings (SSSR count). The molecule has 0 saturated heterocycles. The maximum absolute atomic E-state index is 6.12. The van der Waals surface area contributed by atoms with Crippen molar-refractivity contribution in [1.29, 1.82) is 0 Å². The van der Waals surface area contributed by atoms with Crippen molar-refractivity contribution in [2.24, 2.45) is 4.99 Å². The summed E-state index contributed by atoms with van der Waals surface area (Å²) in [5.41, 5.74) is 3.15. The Morgan fingerprint density at radius 1 is 1.08 bits per heavy atom. The standard InChI is InChI=1S/C21H24ClN3O/c1-26-17-8-9-18-19(13-17)25-21(10-3-2-4-11-21)20(24-18)23-14-15-6-5-7-16(22)12-15/h5-9,12-13,25H,2-4,10-11,14H2,1H3,(H,23,24). The van der Waals surface area contributed by atoms with Gasteiger partial charge in [-0.05, 0) is 42.7 Å². The van der Waals surface area contributed by atoms with Gasteiger partial charge in [0.05, 0.1) is 30.6 Å². The van der Waals surface area contributed by atoms with Gasteiger partial charge < -0.3 is 15.4 Å². The lowest BCUT2D eigenvalue weighted by Gasteiger charge is -2.44. The van der Waals surface area contributed by atoms with Crippen molar-refractivity contribution in [1.82, 2.24) is 0 Å². The van der Waals surface area contributed by atoms with E-state index >= 15 is 0 Å². The van der Waals surface area contributed by atoms with Gasteiger partial charge in [0.25, 0.3) is 0 Å². The van der Waals surface area contributed by atoms with Gasteiger partial charge in [-0.15, -0.1) is 0 Å². The highest BCUT2D eigenvalue weighted by Crippen LogP contribution is 2.41. The lowest BCUT2D eigenvalue weighted by Crippen LogP contribution is -2.53. The third kappa shape index (κ3) is 3.38. The van der Waals surface area contributed by atoms with E-state index in [-0.39, 0.29) is 5.54 Å². The maximum Gasteiger partial charge on any atom is 0.127 e. The zero-order valence-electron chi connectivity index (χ0n) is 15.0. The molecule has 0 bridgehead atoms. The largest absolute Gasteiger partial charge is 0.497 e. The molecule has 0 aromatic heterocycles. The van der Waals surface area contributed by atoms with Crippen LogP contribution in [0, 0.1) is 0 Å². The molecule has 0 radical (unpaired) electrons. The second kappa shape index (κ2) is 7.20. The van der Waals surface area contributed by atoms with Gasteiger partial charge in [-0.2, -0.15) is 0 Å². The number of hydrogen-bond acceptors (Lipinski definition) is 3. The number of aliphatic imine (C=N–C) groups is 1. The number of nitrogens with one attached hydrogen (secondary N) is 2. The summed E-state index contributed by atoms with van der Waals surface area (Å²) in [4.78, 5) is 4.97. The molecule has 2 aromatic carbocycles. The van der Waals surface area contributed by atoms with Crippen LogP contribution in [-0.4, -0.2) is 18.5 Å². The number of benzene rings is 2. The molecule has 1 aliphatic heterocycles. The molecule has 0 unspecified atom stereocenters. The average Bonchev–Trinajstić information content (AvgIpc) is 2.66. The molecule has 0 amide bonds. The summed E-state index contributed by atoms with van der Waals surface area (Å²) in [5.74, 6) is 1.90. The highest BCUT2D eigenvalue weighted by Gasteiger charge is 2.40. The molecule has 26 heavy (non-hydrogen) atoms. The minimum absolute atomic E-state index is 0.115. The van der Waals surface area contributed by atoms with Crippen LogP contribution in [0.15, 0.2) is 47.5 Å². The van der Waals surface area contributed by atoms with Gasteiger partial charge in [0.2, 0.25) is 0 Å². The third-order valence-electron chi connectivity index (χ3n) is 5.32. The molecule has 1 fully saturated rings. The van der Waals surface area contributed by atoms with E-state index in [1.165, 1.54) is 19.3 Å². The molecule has 5 heteroatoms. The average molecular weight is 370 g/mol. The first-order valence-electron chi connectivity index (χ1n) is 9.21. The van der Waals surface area contributed by atoms with Crippen LogP contribution >= 0.6 is 11.6 Å². The van der Waals surface area contributed by atoms with Crippen LogP contribution < -0.4 is 15.4 Å². The lowest BCUT2D eigenvalue weighted by atomic mass is 9.79. The van der Waals surface area contributed by atoms with Crippen LogP contribution in [0.25, 0.3) is 0 Å². The monoisotopic (exact) mass is 369 g/mol. The third-order valence-corrected chi connectivity index (χ3v) is 5.56. The predicted octanol–water partition coefficient (Wildman–Crippen LogP) is 5.49. The number of fused-ring (bicyclic) bond motifs is 1. The predicted molar refractivity (Wildman–Crippen MR) is 109 cm³/mol. The summed E-state index contributed by atoms with van der Waals surface area (Å²) in [5, 5.41) is 8.13.